The minimum Gasteiger partial charge on any atom is -0.374 e. The number of rotatable bonds is 17. The van der Waals surface area contributed by atoms with Crippen molar-refractivity contribution in [2.45, 2.75) is 96.8 Å². The lowest BCUT2D eigenvalue weighted by Crippen LogP contribution is -2.34. The molecule has 0 aromatic rings. The van der Waals surface area contributed by atoms with E-state index < -0.39 is 26.2 Å². The molecule has 2 unspecified atom stereocenters. The standard InChI is InChI=1S/C18H39NO7P2/c1-5-9-11-13-15-18(16-14-12-10-6-2,27(21,22)24-7-3)28(23,25-8-4)26-17(19)20/h5-16H2,1-4H3,(H2,19,20)(H,21,22). The Balaban J connectivity index is 6.18. The van der Waals surface area contributed by atoms with Crippen LogP contribution < -0.4 is 5.73 Å². The second-order valence-corrected chi connectivity index (χ2v) is 11.7. The summed E-state index contributed by atoms with van der Waals surface area (Å²) in [5.74, 6) is 0. The Bertz CT molecular complexity index is 530. The summed E-state index contributed by atoms with van der Waals surface area (Å²) in [6.07, 6.45) is 5.40. The largest absolute Gasteiger partial charge is 0.411 e. The predicted molar refractivity (Wildman–Crippen MR) is 112 cm³/mol. The van der Waals surface area contributed by atoms with Crippen molar-refractivity contribution >= 4 is 21.3 Å². The fraction of sp³-hybridized carbons (Fsp3) is 0.944. The van der Waals surface area contributed by atoms with Gasteiger partial charge in [-0.1, -0.05) is 65.2 Å². The molecule has 28 heavy (non-hydrogen) atoms. The Labute approximate surface area is 170 Å². The van der Waals surface area contributed by atoms with Gasteiger partial charge in [-0.25, -0.2) is 9.36 Å². The highest BCUT2D eigenvalue weighted by molar-refractivity contribution is 7.74. The summed E-state index contributed by atoms with van der Waals surface area (Å²) >= 11 is 0. The molecule has 2 atom stereocenters. The number of carbonyl (C=O) groups excluding carboxylic acids is 1. The van der Waals surface area contributed by atoms with E-state index in [9.17, 15) is 18.8 Å². The monoisotopic (exact) mass is 443 g/mol. The first kappa shape index (κ1) is 27.6. The van der Waals surface area contributed by atoms with E-state index in [1.54, 1.807) is 13.8 Å². The third-order valence-electron chi connectivity index (χ3n) is 4.71. The number of carbonyl (C=O) groups is 1. The highest BCUT2D eigenvalue weighted by atomic mass is 31.2. The number of nitrogens with two attached hydrogens (primary N) is 1. The number of unbranched alkanes of at least 4 members (excludes halogenated alkanes) is 6. The summed E-state index contributed by atoms with van der Waals surface area (Å²) in [4.78, 5) is 20.6. The topological polar surface area (TPSA) is 125 Å². The van der Waals surface area contributed by atoms with Crippen molar-refractivity contribution in [2.75, 3.05) is 13.2 Å². The summed E-state index contributed by atoms with van der Waals surface area (Å²) in [5.41, 5.74) is 5.15. The van der Waals surface area contributed by atoms with Gasteiger partial charge in [0.05, 0.1) is 13.2 Å². The van der Waals surface area contributed by atoms with Crippen LogP contribution in [0.4, 0.5) is 4.79 Å². The minimum atomic E-state index is -4.46. The lowest BCUT2D eigenvalue weighted by molar-refractivity contribution is 0.178. The van der Waals surface area contributed by atoms with Crippen molar-refractivity contribution in [3.05, 3.63) is 0 Å². The molecular weight excluding hydrogens is 404 g/mol. The van der Waals surface area contributed by atoms with Crippen LogP contribution in [0, 0.1) is 0 Å². The molecule has 0 bridgehead atoms. The van der Waals surface area contributed by atoms with Crippen LogP contribution in [0.1, 0.15) is 91.9 Å². The molecule has 8 nitrogen and oxygen atoms in total. The molecule has 0 fully saturated rings. The van der Waals surface area contributed by atoms with E-state index in [0.717, 1.165) is 38.5 Å². The van der Waals surface area contributed by atoms with Crippen molar-refractivity contribution in [1.82, 2.24) is 0 Å². The van der Waals surface area contributed by atoms with E-state index in [-0.39, 0.29) is 26.1 Å². The van der Waals surface area contributed by atoms with Gasteiger partial charge >= 0.3 is 21.3 Å². The highest BCUT2D eigenvalue weighted by Gasteiger charge is 2.64. The van der Waals surface area contributed by atoms with Crippen molar-refractivity contribution in [2.24, 2.45) is 5.73 Å². The normalized spacial score (nSPS) is 16.3. The number of amides is 1. The molecule has 3 N–H and O–H groups in total. The maximum Gasteiger partial charge on any atom is 0.411 e. The van der Waals surface area contributed by atoms with Crippen LogP contribution >= 0.6 is 15.2 Å². The first-order valence-corrected chi connectivity index (χ1v) is 13.5. The molecule has 1 amide bonds. The molecule has 0 radical (unpaired) electrons. The molecule has 0 saturated carbocycles. The molecule has 0 aliphatic rings. The summed E-state index contributed by atoms with van der Waals surface area (Å²) in [6.45, 7) is 7.18. The van der Waals surface area contributed by atoms with Gasteiger partial charge in [0.25, 0.3) is 0 Å². The molecular formula is C18H39NO7P2. The number of primary amides is 1. The van der Waals surface area contributed by atoms with Crippen molar-refractivity contribution < 1.29 is 32.4 Å². The second kappa shape index (κ2) is 13.8. The van der Waals surface area contributed by atoms with Crippen LogP contribution in [0.2, 0.25) is 0 Å². The van der Waals surface area contributed by atoms with Crippen LogP contribution in [0.15, 0.2) is 0 Å². The molecule has 10 heteroatoms. The van der Waals surface area contributed by atoms with Gasteiger partial charge in [0, 0.05) is 0 Å². The highest BCUT2D eigenvalue weighted by Crippen LogP contribution is 2.79. The Morgan fingerprint density at radius 1 is 0.857 bits per heavy atom. The van der Waals surface area contributed by atoms with Crippen molar-refractivity contribution in [3.8, 4) is 0 Å². The zero-order valence-electron chi connectivity index (χ0n) is 17.9. The third kappa shape index (κ3) is 7.79. The Morgan fingerprint density at radius 3 is 1.68 bits per heavy atom. The Morgan fingerprint density at radius 2 is 1.32 bits per heavy atom. The van der Waals surface area contributed by atoms with Crippen molar-refractivity contribution in [3.63, 3.8) is 0 Å². The summed E-state index contributed by atoms with van der Waals surface area (Å²) < 4.78 is 42.6. The van der Waals surface area contributed by atoms with Crippen LogP contribution in [0.5, 0.6) is 0 Å². The third-order valence-corrected chi connectivity index (χ3v) is 10.8. The van der Waals surface area contributed by atoms with E-state index >= 15 is 0 Å². The van der Waals surface area contributed by atoms with E-state index in [0.29, 0.717) is 12.8 Å². The first-order valence-electron chi connectivity index (χ1n) is 10.4. The van der Waals surface area contributed by atoms with Gasteiger partial charge in [0.15, 0.2) is 4.90 Å². The van der Waals surface area contributed by atoms with Crippen LogP contribution in [0.3, 0.4) is 0 Å². The number of hydrogen-bond donors (Lipinski definition) is 2. The van der Waals surface area contributed by atoms with Gasteiger partial charge in [0.1, 0.15) is 0 Å². The maximum atomic E-state index is 13.7. The van der Waals surface area contributed by atoms with E-state index in [1.807, 2.05) is 0 Å². The van der Waals surface area contributed by atoms with Crippen LogP contribution in [-0.2, 0) is 22.7 Å². The fourth-order valence-corrected chi connectivity index (χ4v) is 8.40. The summed E-state index contributed by atoms with van der Waals surface area (Å²) in [6, 6.07) is 0. The van der Waals surface area contributed by atoms with Gasteiger partial charge < -0.3 is 19.7 Å². The molecule has 0 aromatic carbocycles. The van der Waals surface area contributed by atoms with Gasteiger partial charge in [-0.05, 0) is 26.7 Å². The average molecular weight is 443 g/mol. The average Bonchev–Trinajstić information content (AvgIpc) is 2.59. The Kier molecular flexibility index (Phi) is 13.6. The molecule has 0 rings (SSSR count). The zero-order valence-corrected chi connectivity index (χ0v) is 19.6. The smallest absolute Gasteiger partial charge is 0.374 e. The van der Waals surface area contributed by atoms with Gasteiger partial charge in [0.2, 0.25) is 0 Å². The van der Waals surface area contributed by atoms with E-state index in [4.69, 9.17) is 19.3 Å². The van der Waals surface area contributed by atoms with Gasteiger partial charge in [-0.3, -0.25) is 9.09 Å². The van der Waals surface area contributed by atoms with Gasteiger partial charge in [-0.2, -0.15) is 0 Å². The van der Waals surface area contributed by atoms with Crippen LogP contribution in [-0.4, -0.2) is 29.1 Å². The van der Waals surface area contributed by atoms with E-state index in [1.165, 1.54) is 0 Å². The predicted octanol–water partition coefficient (Wildman–Crippen LogP) is 6.17. The molecule has 0 heterocycles. The van der Waals surface area contributed by atoms with Crippen molar-refractivity contribution in [1.29, 1.82) is 0 Å². The lowest BCUT2D eigenvalue weighted by atomic mass is 10.0. The van der Waals surface area contributed by atoms with Crippen LogP contribution in [0.25, 0.3) is 0 Å². The molecule has 0 aliphatic heterocycles. The Hall–Kier alpha value is -0.390. The molecule has 0 spiro atoms. The maximum absolute atomic E-state index is 13.7. The SMILES string of the molecule is CCCCCCC(CCCCCC)(P(=O)(O)OCC)P(=O)(OCC)OC(N)=O. The second-order valence-electron chi connectivity index (χ2n) is 6.87. The molecule has 0 saturated heterocycles. The quantitative estimate of drug-likeness (QED) is 0.203. The molecule has 0 aliphatic carbocycles. The minimum absolute atomic E-state index is 0.0395. The number of hydrogen-bond acceptors (Lipinski definition) is 6. The van der Waals surface area contributed by atoms with E-state index in [2.05, 4.69) is 13.8 Å². The summed E-state index contributed by atoms with van der Waals surface area (Å²) in [7, 11) is -8.84. The lowest BCUT2D eigenvalue weighted by Gasteiger charge is -2.40. The van der Waals surface area contributed by atoms with Gasteiger partial charge in [-0.15, -0.1) is 0 Å². The first-order chi connectivity index (χ1) is 13.2. The molecule has 168 valence electrons. The molecule has 0 aromatic heterocycles. The zero-order chi connectivity index (χ0) is 21.7. The summed E-state index contributed by atoms with van der Waals surface area (Å²) in [5, 5.41) is 0. The fourth-order valence-electron chi connectivity index (χ4n) is 3.32.